The largest absolute Gasteiger partial charge is 0.309 e. The average molecular weight is 1420 g/mol. The van der Waals surface area contributed by atoms with E-state index in [9.17, 15) is 0 Å². The monoisotopic (exact) mass is 1420 g/mol. The molecule has 0 saturated heterocycles. The van der Waals surface area contributed by atoms with Crippen molar-refractivity contribution in [2.75, 3.05) is 0 Å². The van der Waals surface area contributed by atoms with Crippen molar-refractivity contribution in [3.8, 4) is 83.8 Å². The van der Waals surface area contributed by atoms with Gasteiger partial charge in [-0.25, -0.2) is 0 Å². The van der Waals surface area contributed by atoms with Crippen LogP contribution in [-0.2, 0) is 10.8 Å². The molecule has 3 aromatic heterocycles. The van der Waals surface area contributed by atoms with Gasteiger partial charge in [0, 0.05) is 49.4 Å². The normalized spacial score (nSPS) is 13.8. The Morgan fingerprint density at radius 1 is 0.250 bits per heavy atom. The number of fused-ring (bicyclic) bond motifs is 9. The number of hydrogen-bond acceptors (Lipinski definition) is 0. The minimum absolute atomic E-state index is 0.0149. The summed E-state index contributed by atoms with van der Waals surface area (Å²) >= 11 is 0. The Morgan fingerprint density at radius 3 is 1.02 bits per heavy atom. The van der Waals surface area contributed by atoms with Crippen LogP contribution in [0.15, 0.2) is 351 Å². The van der Waals surface area contributed by atoms with Gasteiger partial charge in [0.05, 0.1) is 59.1 Å². The topological polar surface area (TPSA) is 14.8 Å². The molecule has 0 aliphatic rings. The molecular formula is C105H97N3. The number of nitrogens with zero attached hydrogens (tertiary/aromatic N) is 3. The van der Waals surface area contributed by atoms with E-state index in [0.29, 0.717) is 38.8 Å². The number of para-hydroxylation sites is 3. The van der Waals surface area contributed by atoms with Gasteiger partial charge in [0.2, 0.25) is 0 Å². The molecule has 0 unspecified atom stereocenters. The van der Waals surface area contributed by atoms with Crippen molar-refractivity contribution in [3.63, 3.8) is 0 Å². The minimum Gasteiger partial charge on any atom is -0.309 e. The van der Waals surface area contributed by atoms with Gasteiger partial charge in [0.25, 0.3) is 0 Å². The lowest BCUT2D eigenvalue weighted by atomic mass is 9.79. The predicted molar refractivity (Wildman–Crippen MR) is 469 cm³/mol. The highest BCUT2D eigenvalue weighted by molar-refractivity contribution is 6.20. The number of benzene rings is 15. The van der Waals surface area contributed by atoms with Crippen molar-refractivity contribution >= 4 is 65.4 Å². The quantitative estimate of drug-likeness (QED) is 0.137. The predicted octanol–water partition coefficient (Wildman–Crippen LogP) is 29.9. The Bertz CT molecular complexity index is 7240. The lowest BCUT2D eigenvalue weighted by Crippen LogP contribution is -2.16. The van der Waals surface area contributed by atoms with E-state index >= 15 is 0 Å². The van der Waals surface area contributed by atoms with Crippen LogP contribution in [0.4, 0.5) is 0 Å². The van der Waals surface area contributed by atoms with Crippen LogP contribution >= 0.6 is 0 Å². The fraction of sp³-hybridized carbons (Fsp3) is 0.143. The maximum absolute atomic E-state index is 8.79. The van der Waals surface area contributed by atoms with Gasteiger partial charge >= 0.3 is 0 Å². The lowest BCUT2D eigenvalue weighted by molar-refractivity contribution is 0.569. The summed E-state index contributed by atoms with van der Waals surface area (Å²) < 4.78 is 167. The zero-order chi connectivity index (χ0) is 91.8. The number of rotatable bonds is 9. The Morgan fingerprint density at radius 2 is 0.602 bits per heavy atom. The fourth-order valence-electron chi connectivity index (χ4n) is 14.7. The molecule has 0 spiro atoms. The van der Waals surface area contributed by atoms with Crippen LogP contribution in [0.2, 0.25) is 0 Å². The van der Waals surface area contributed by atoms with Gasteiger partial charge in [-0.05, 0) is 199 Å². The molecule has 18 rings (SSSR count). The van der Waals surface area contributed by atoms with E-state index in [1.165, 1.54) is 11.1 Å². The SMILES string of the molecule is CC.CC.[2H]c1c([2H])c([2H])c(-c2cccc3c2c2c(C)c(-c4c([2H])c([2H])c([2H])c(C)c4[2H])ccc2n3-c2ccccc2)c([2H])c1[2H].[2H]c1c([2H])c([2H])c(-c2cccc3c2c2c(C)c(-c4ccccc4)ccc2n3-c2ccccc2)c([2H])c1[2H].[2H]c1c([2H])c([2H])c(-c2cccc3c2c2cc(-c4cc(C(C)(C)C)cc(C(C)(C)C)c4)ccc2n3-c2ccccc2)c([2H])c1[2H]. The zero-order valence-corrected chi connectivity index (χ0v) is 63.4. The molecule has 0 aliphatic carbocycles. The van der Waals surface area contributed by atoms with Crippen LogP contribution in [0.5, 0.6) is 0 Å². The first-order chi connectivity index (χ1) is 60.5. The second kappa shape index (κ2) is 31.4. The smallest absolute Gasteiger partial charge is 0.0632 e. The van der Waals surface area contributed by atoms with E-state index in [2.05, 4.69) is 147 Å². The molecule has 15 aromatic carbocycles. The summed E-state index contributed by atoms with van der Waals surface area (Å²) in [5.74, 6) is 0. The summed E-state index contributed by atoms with van der Waals surface area (Å²) in [6, 6.07) is 73.2. The molecule has 0 amide bonds. The Hall–Kier alpha value is -12.3. The molecule has 108 heavy (non-hydrogen) atoms. The molecule has 3 heteroatoms. The Labute approximate surface area is 666 Å². The zero-order valence-electron chi connectivity index (χ0n) is 82.4. The van der Waals surface area contributed by atoms with Crippen LogP contribution in [-0.4, -0.2) is 13.7 Å². The maximum atomic E-state index is 8.79. The number of hydrogen-bond donors (Lipinski definition) is 0. The second-order valence-electron chi connectivity index (χ2n) is 28.3. The first-order valence-electron chi connectivity index (χ1n) is 46.4. The summed E-state index contributed by atoms with van der Waals surface area (Å²) in [6.07, 6.45) is 0. The highest BCUT2D eigenvalue weighted by atomic mass is 15.0. The molecular weight excluding hydrogens is 1300 g/mol. The average Bonchev–Trinajstić information content (AvgIpc) is 1.57. The molecule has 0 radical (unpaired) electrons. The third-order valence-corrected chi connectivity index (χ3v) is 19.7. The molecule has 532 valence electrons. The van der Waals surface area contributed by atoms with E-state index in [-0.39, 0.29) is 124 Å². The van der Waals surface area contributed by atoms with E-state index in [1.807, 2.05) is 174 Å². The van der Waals surface area contributed by atoms with Gasteiger partial charge in [-0.1, -0.05) is 347 Å². The van der Waals surface area contributed by atoms with Crippen molar-refractivity contribution in [1.82, 2.24) is 13.7 Å². The van der Waals surface area contributed by atoms with Gasteiger partial charge in [0.1, 0.15) is 0 Å². The summed E-state index contributed by atoms with van der Waals surface area (Å²) in [5, 5.41) is 5.11. The van der Waals surface area contributed by atoms with Crippen molar-refractivity contribution in [2.45, 2.75) is 101 Å². The lowest BCUT2D eigenvalue weighted by Gasteiger charge is -2.26. The molecule has 18 aromatic rings. The van der Waals surface area contributed by atoms with Gasteiger partial charge in [0.15, 0.2) is 0 Å². The third-order valence-electron chi connectivity index (χ3n) is 19.7. The Kier molecular flexibility index (Phi) is 15.3. The van der Waals surface area contributed by atoms with E-state index in [1.54, 1.807) is 19.1 Å². The molecule has 0 fully saturated rings. The molecule has 0 aliphatic heterocycles. The summed E-state index contributed by atoms with van der Waals surface area (Å²) in [4.78, 5) is 0. The van der Waals surface area contributed by atoms with Gasteiger partial charge < -0.3 is 13.7 Å². The van der Waals surface area contributed by atoms with Gasteiger partial charge in [-0.3, -0.25) is 0 Å². The Balaban J connectivity index is 0.000000152. The molecule has 3 nitrogen and oxygen atoms in total. The number of aromatic nitrogens is 3. The standard InChI is InChI=1S/C38H37N.C32H25N.C31H23N.2C2H6/c1-37(2,3)29-22-28(23-30(25-29)38(4,5)6)27-20-21-34-33(24-27)36-32(26-14-9-7-10-15-26)18-13-19-35(36)39(34)31-16-11-8-12-17-31;1-22-11-9-14-25(21-22)27-19-20-30-31(23(27)2)32-28(24-12-5-3-6-13-24)17-10-18-29(32)33(30)26-15-7-4-8-16-26;1-22-26(23-12-5-2-6-13-23)20-21-29-30(22)31-27(24-14-7-3-8-15-24)18-11-19-28(31)32(29)25-16-9-4-10-17-25;2*1-2/h7-25H,1-6H3;3-21H,1-2H3;2-21H,1H3;2*1-2H3/i7D,9D,10D,14D,15D;3D,5D,6D,9D,11D,12D,13D,14D,21D;3D,7D,8D,14D,15D;;. The van der Waals surface area contributed by atoms with Crippen LogP contribution in [0.3, 0.4) is 0 Å². The first kappa shape index (κ1) is 52.6. The van der Waals surface area contributed by atoms with E-state index in [0.717, 1.165) is 105 Å². The first-order valence-corrected chi connectivity index (χ1v) is 36.9. The summed E-state index contributed by atoms with van der Waals surface area (Å²) in [6.45, 7) is 27.0. The molecule has 0 atom stereocenters. The van der Waals surface area contributed by atoms with Crippen molar-refractivity contribution in [1.29, 1.82) is 0 Å². The fourth-order valence-corrected chi connectivity index (χ4v) is 14.7. The highest BCUT2D eigenvalue weighted by Gasteiger charge is 2.25. The van der Waals surface area contributed by atoms with E-state index < -0.39 is 24.2 Å². The van der Waals surface area contributed by atoms with Crippen molar-refractivity contribution in [3.05, 3.63) is 379 Å². The van der Waals surface area contributed by atoms with Crippen LogP contribution < -0.4 is 0 Å². The molecule has 0 saturated carbocycles. The van der Waals surface area contributed by atoms with Crippen LogP contribution in [0, 0.1) is 20.8 Å². The minimum atomic E-state index is -0.462. The third kappa shape index (κ3) is 14.1. The molecule has 0 bridgehead atoms. The van der Waals surface area contributed by atoms with Crippen molar-refractivity contribution in [2.24, 2.45) is 0 Å². The van der Waals surface area contributed by atoms with Crippen molar-refractivity contribution < 1.29 is 26.0 Å². The molecule has 0 N–H and O–H groups in total. The summed E-state index contributed by atoms with van der Waals surface area (Å²) in [7, 11) is 0. The van der Waals surface area contributed by atoms with Gasteiger partial charge in [-0.15, -0.1) is 0 Å². The van der Waals surface area contributed by atoms with Crippen LogP contribution in [0.25, 0.3) is 149 Å². The van der Waals surface area contributed by atoms with E-state index in [4.69, 9.17) is 26.0 Å². The van der Waals surface area contributed by atoms with Crippen LogP contribution in [0.1, 0.15) is 123 Å². The van der Waals surface area contributed by atoms with Gasteiger partial charge in [-0.2, -0.15) is 0 Å². The maximum Gasteiger partial charge on any atom is 0.0632 e. The summed E-state index contributed by atoms with van der Waals surface area (Å²) in [5.41, 5.74) is 20.3. The number of aryl methyl sites for hydroxylation is 2. The highest BCUT2D eigenvalue weighted by Crippen LogP contribution is 2.47. The molecule has 3 heterocycles. The second-order valence-corrected chi connectivity index (χ2v) is 28.3.